The summed E-state index contributed by atoms with van der Waals surface area (Å²) in [6.45, 7) is 6.78. The van der Waals surface area contributed by atoms with Crippen LogP contribution < -0.4 is 0 Å². The number of aromatic nitrogens is 2. The van der Waals surface area contributed by atoms with E-state index in [0.717, 1.165) is 6.42 Å². The molecule has 1 aromatic heterocycles. The standard InChI is InChI=1S/C10H18N2/c1-5-10(2,3)8-9-6-7-12(4)11-9/h6-7H,5,8H2,1-4H3. The molecule has 12 heavy (non-hydrogen) atoms. The molecule has 0 aliphatic rings. The van der Waals surface area contributed by atoms with Gasteiger partial charge >= 0.3 is 0 Å². The van der Waals surface area contributed by atoms with Crippen LogP contribution in [0.3, 0.4) is 0 Å². The summed E-state index contributed by atoms with van der Waals surface area (Å²) in [6.07, 6.45) is 4.27. The van der Waals surface area contributed by atoms with Crippen molar-refractivity contribution in [2.75, 3.05) is 0 Å². The van der Waals surface area contributed by atoms with E-state index in [-0.39, 0.29) is 0 Å². The largest absolute Gasteiger partial charge is 0.276 e. The van der Waals surface area contributed by atoms with Gasteiger partial charge in [0.1, 0.15) is 0 Å². The Morgan fingerprint density at radius 2 is 2.17 bits per heavy atom. The Morgan fingerprint density at radius 3 is 2.58 bits per heavy atom. The average Bonchev–Trinajstić information content (AvgIpc) is 2.35. The summed E-state index contributed by atoms with van der Waals surface area (Å²) in [6, 6.07) is 2.09. The third-order valence-corrected chi connectivity index (χ3v) is 2.39. The number of hydrogen-bond donors (Lipinski definition) is 0. The molecule has 0 amide bonds. The minimum Gasteiger partial charge on any atom is -0.276 e. The lowest BCUT2D eigenvalue weighted by molar-refractivity contribution is 0.344. The maximum absolute atomic E-state index is 4.36. The smallest absolute Gasteiger partial charge is 0.0629 e. The molecule has 2 nitrogen and oxygen atoms in total. The zero-order chi connectivity index (χ0) is 9.19. The predicted molar refractivity (Wildman–Crippen MR) is 51.0 cm³/mol. The van der Waals surface area contributed by atoms with Gasteiger partial charge in [0.25, 0.3) is 0 Å². The summed E-state index contributed by atoms with van der Waals surface area (Å²) in [4.78, 5) is 0. The summed E-state index contributed by atoms with van der Waals surface area (Å²) < 4.78 is 1.86. The van der Waals surface area contributed by atoms with Crippen molar-refractivity contribution in [3.8, 4) is 0 Å². The third-order valence-electron chi connectivity index (χ3n) is 2.39. The predicted octanol–water partition coefficient (Wildman–Crippen LogP) is 2.40. The Bertz CT molecular complexity index is 248. The van der Waals surface area contributed by atoms with E-state index >= 15 is 0 Å². The molecule has 1 rings (SSSR count). The van der Waals surface area contributed by atoms with Crippen LogP contribution in [-0.2, 0) is 13.5 Å². The Balaban J connectivity index is 2.63. The number of nitrogens with zero attached hydrogens (tertiary/aromatic N) is 2. The summed E-state index contributed by atoms with van der Waals surface area (Å²) in [5, 5.41) is 4.36. The fourth-order valence-electron chi connectivity index (χ4n) is 1.17. The van der Waals surface area contributed by atoms with Crippen LogP contribution in [0.2, 0.25) is 0 Å². The molecule has 0 spiro atoms. The molecule has 0 atom stereocenters. The summed E-state index contributed by atoms with van der Waals surface area (Å²) in [7, 11) is 1.96. The molecule has 0 bridgehead atoms. The van der Waals surface area contributed by atoms with Gasteiger partial charge in [-0.2, -0.15) is 5.10 Å². The second kappa shape index (κ2) is 3.30. The molecule has 2 heteroatoms. The lowest BCUT2D eigenvalue weighted by Crippen LogP contribution is -2.13. The minimum absolute atomic E-state index is 0.383. The van der Waals surface area contributed by atoms with E-state index in [1.807, 2.05) is 17.9 Å². The van der Waals surface area contributed by atoms with E-state index in [9.17, 15) is 0 Å². The number of hydrogen-bond acceptors (Lipinski definition) is 1. The van der Waals surface area contributed by atoms with E-state index in [1.54, 1.807) is 0 Å². The number of aryl methyl sites for hydroxylation is 1. The Hall–Kier alpha value is -0.790. The van der Waals surface area contributed by atoms with Gasteiger partial charge in [0, 0.05) is 13.2 Å². The first-order valence-corrected chi connectivity index (χ1v) is 4.52. The van der Waals surface area contributed by atoms with Gasteiger partial charge in [-0.05, 0) is 17.9 Å². The first-order chi connectivity index (χ1) is 5.53. The molecule has 1 heterocycles. The van der Waals surface area contributed by atoms with Crippen LogP contribution in [0.4, 0.5) is 0 Å². The molecule has 0 fully saturated rings. The molecule has 68 valence electrons. The van der Waals surface area contributed by atoms with Crippen molar-refractivity contribution in [3.05, 3.63) is 18.0 Å². The van der Waals surface area contributed by atoms with Gasteiger partial charge < -0.3 is 0 Å². The maximum Gasteiger partial charge on any atom is 0.0629 e. The van der Waals surface area contributed by atoms with Crippen LogP contribution in [0.15, 0.2) is 12.3 Å². The van der Waals surface area contributed by atoms with Gasteiger partial charge in [0.15, 0.2) is 0 Å². The molecule has 0 unspecified atom stereocenters. The highest BCUT2D eigenvalue weighted by molar-refractivity contribution is 5.01. The fraction of sp³-hybridized carbons (Fsp3) is 0.700. The van der Waals surface area contributed by atoms with Crippen LogP contribution in [0.5, 0.6) is 0 Å². The molecule has 0 N–H and O–H groups in total. The monoisotopic (exact) mass is 166 g/mol. The highest BCUT2D eigenvalue weighted by Gasteiger charge is 2.16. The SMILES string of the molecule is CCC(C)(C)Cc1ccn(C)n1. The van der Waals surface area contributed by atoms with Gasteiger partial charge in [-0.25, -0.2) is 0 Å². The number of rotatable bonds is 3. The van der Waals surface area contributed by atoms with Crippen molar-refractivity contribution in [1.29, 1.82) is 0 Å². The van der Waals surface area contributed by atoms with Crippen molar-refractivity contribution < 1.29 is 0 Å². The van der Waals surface area contributed by atoms with E-state index < -0.39 is 0 Å². The van der Waals surface area contributed by atoms with E-state index in [4.69, 9.17) is 0 Å². The molecular formula is C10H18N2. The average molecular weight is 166 g/mol. The quantitative estimate of drug-likeness (QED) is 0.674. The van der Waals surface area contributed by atoms with Crippen molar-refractivity contribution in [3.63, 3.8) is 0 Å². The van der Waals surface area contributed by atoms with Gasteiger partial charge in [0.2, 0.25) is 0 Å². The fourth-order valence-corrected chi connectivity index (χ4v) is 1.17. The van der Waals surface area contributed by atoms with Gasteiger partial charge in [-0.1, -0.05) is 27.2 Å². The van der Waals surface area contributed by atoms with Crippen LogP contribution in [-0.4, -0.2) is 9.78 Å². The van der Waals surface area contributed by atoms with E-state index in [1.165, 1.54) is 12.1 Å². The maximum atomic E-state index is 4.36. The second-order valence-corrected chi connectivity index (χ2v) is 4.18. The second-order valence-electron chi connectivity index (χ2n) is 4.18. The molecule has 0 radical (unpaired) electrons. The topological polar surface area (TPSA) is 17.8 Å². The Morgan fingerprint density at radius 1 is 1.50 bits per heavy atom. The van der Waals surface area contributed by atoms with E-state index in [0.29, 0.717) is 5.41 Å². The van der Waals surface area contributed by atoms with Gasteiger partial charge in [-0.15, -0.1) is 0 Å². The molecule has 0 aliphatic carbocycles. The lowest BCUT2D eigenvalue weighted by atomic mass is 9.85. The van der Waals surface area contributed by atoms with E-state index in [2.05, 4.69) is 31.9 Å². The first kappa shape index (κ1) is 9.30. The molecule has 1 aromatic rings. The lowest BCUT2D eigenvalue weighted by Gasteiger charge is -2.20. The molecular weight excluding hydrogens is 148 g/mol. The zero-order valence-corrected chi connectivity index (χ0v) is 8.46. The molecule has 0 aliphatic heterocycles. The first-order valence-electron chi connectivity index (χ1n) is 4.52. The van der Waals surface area contributed by atoms with Crippen LogP contribution in [0.25, 0.3) is 0 Å². The van der Waals surface area contributed by atoms with Crippen molar-refractivity contribution >= 4 is 0 Å². The minimum atomic E-state index is 0.383. The van der Waals surface area contributed by atoms with Crippen molar-refractivity contribution in [2.45, 2.75) is 33.6 Å². The van der Waals surface area contributed by atoms with Crippen molar-refractivity contribution in [1.82, 2.24) is 9.78 Å². The summed E-state index contributed by atoms with van der Waals surface area (Å²) in [5.74, 6) is 0. The zero-order valence-electron chi connectivity index (χ0n) is 8.46. The Labute approximate surface area is 74.6 Å². The molecule has 0 saturated carbocycles. The van der Waals surface area contributed by atoms with Crippen LogP contribution in [0, 0.1) is 5.41 Å². The summed E-state index contributed by atoms with van der Waals surface area (Å²) in [5.41, 5.74) is 1.58. The molecule has 0 saturated heterocycles. The highest BCUT2D eigenvalue weighted by Crippen LogP contribution is 2.24. The molecule has 0 aromatic carbocycles. The summed E-state index contributed by atoms with van der Waals surface area (Å²) >= 11 is 0. The van der Waals surface area contributed by atoms with Crippen LogP contribution >= 0.6 is 0 Å². The van der Waals surface area contributed by atoms with Crippen LogP contribution in [0.1, 0.15) is 32.9 Å². The normalized spacial score (nSPS) is 12.0. The van der Waals surface area contributed by atoms with Crippen molar-refractivity contribution in [2.24, 2.45) is 12.5 Å². The van der Waals surface area contributed by atoms with Gasteiger partial charge in [-0.3, -0.25) is 4.68 Å². The third kappa shape index (κ3) is 2.36. The highest BCUT2D eigenvalue weighted by atomic mass is 15.2. The van der Waals surface area contributed by atoms with Gasteiger partial charge in [0.05, 0.1) is 5.69 Å². The Kier molecular flexibility index (Phi) is 2.55.